The van der Waals surface area contributed by atoms with Gasteiger partial charge in [-0.15, -0.1) is 0 Å². The number of para-hydroxylation sites is 1. The van der Waals surface area contributed by atoms with E-state index in [4.69, 9.17) is 4.74 Å². The molecule has 0 unspecified atom stereocenters. The molecule has 4 rings (SSSR count). The molecule has 0 saturated carbocycles. The number of ether oxygens (including phenoxy) is 1. The maximum absolute atomic E-state index is 9.42. The molecule has 1 aromatic heterocycles. The second-order valence-electron chi connectivity index (χ2n) is 8.43. The zero-order chi connectivity index (χ0) is 25.9. The van der Waals surface area contributed by atoms with Gasteiger partial charge < -0.3 is 0 Å². The second-order valence-corrected chi connectivity index (χ2v) is 14.0. The zero-order valence-electron chi connectivity index (χ0n) is 19.7. The Morgan fingerprint density at radius 1 is 0.972 bits per heavy atom. The molecular formula is C24H31N2O7S2Se+. The van der Waals surface area contributed by atoms with Gasteiger partial charge in [0.2, 0.25) is 0 Å². The van der Waals surface area contributed by atoms with Crippen molar-refractivity contribution in [2.75, 3.05) is 30.1 Å². The molecule has 0 spiro atoms. The molecule has 0 fully saturated rings. The third-order valence-electron chi connectivity index (χ3n) is 5.79. The molecular weight excluding hydrogens is 571 g/mol. The Hall–Kier alpha value is -1.83. The van der Waals surface area contributed by atoms with Gasteiger partial charge in [-0.05, 0) is 0 Å². The normalized spacial score (nSPS) is 16.0. The first kappa shape index (κ1) is 27.2. The summed E-state index contributed by atoms with van der Waals surface area (Å²) in [5, 5.41) is 0. The van der Waals surface area contributed by atoms with E-state index in [0.717, 1.165) is 32.7 Å². The molecule has 0 atom stereocenters. The molecule has 1 aliphatic heterocycles. The van der Waals surface area contributed by atoms with E-state index >= 15 is 0 Å². The van der Waals surface area contributed by atoms with Gasteiger partial charge in [0.15, 0.2) is 0 Å². The van der Waals surface area contributed by atoms with E-state index < -0.39 is 21.7 Å². The maximum atomic E-state index is 9.42. The van der Waals surface area contributed by atoms with Gasteiger partial charge in [0.25, 0.3) is 0 Å². The molecule has 3 aromatic rings. The monoisotopic (exact) mass is 603 g/mol. The predicted octanol–water partition coefficient (Wildman–Crippen LogP) is 5.29. The number of hydrogen-bond acceptors (Lipinski definition) is 8. The number of hydrogen-bond donors (Lipinski definition) is 6. The fourth-order valence-corrected chi connectivity index (χ4v) is 7.54. The molecule has 12 heteroatoms. The van der Waals surface area contributed by atoms with Gasteiger partial charge in [-0.25, -0.2) is 0 Å². The van der Waals surface area contributed by atoms with Crippen LogP contribution in [0.2, 0.25) is 0 Å². The fourth-order valence-electron chi connectivity index (χ4n) is 4.15. The van der Waals surface area contributed by atoms with Crippen molar-refractivity contribution in [3.63, 3.8) is 0 Å². The van der Waals surface area contributed by atoms with E-state index in [1.807, 2.05) is 53.6 Å². The van der Waals surface area contributed by atoms with Crippen LogP contribution in [0.4, 0.5) is 5.69 Å². The third kappa shape index (κ3) is 6.93. The van der Waals surface area contributed by atoms with E-state index in [0.29, 0.717) is 25.9 Å². The van der Waals surface area contributed by atoms with Crippen LogP contribution in [0.3, 0.4) is 0 Å². The van der Waals surface area contributed by atoms with Gasteiger partial charge in [-0.3, -0.25) is 0 Å². The van der Waals surface area contributed by atoms with Crippen molar-refractivity contribution >= 4 is 63.4 Å². The average Bonchev–Trinajstić information content (AvgIpc) is 3.15. The van der Waals surface area contributed by atoms with Crippen LogP contribution in [0.25, 0.3) is 21.4 Å². The van der Waals surface area contributed by atoms with Crippen LogP contribution in [0.15, 0.2) is 54.7 Å². The Labute approximate surface area is 219 Å². The molecule has 6 N–H and O–H groups in total. The van der Waals surface area contributed by atoms with Gasteiger partial charge in [-0.2, -0.15) is 0 Å². The Balaban J connectivity index is 1.68. The number of nitrogens with zero attached hydrogens (tertiary/aromatic N) is 2. The standard InChI is InChI=1S/C24H30N2O7S2Se/c1-33-19-8-9-23-22(17-19)26(12-5-15-35(30,31)32)24(36-23)16-18-10-13-25(11-4-14-34(27,28)29)21-7-3-2-6-20(18)21/h2-3,6-10,13,16-17H,4-5,11-12,14-15H2,1H3,(H5-,27,28,29,30,31,32)/p+1. The van der Waals surface area contributed by atoms with E-state index in [9.17, 15) is 27.3 Å². The van der Waals surface area contributed by atoms with Crippen LogP contribution in [-0.2, 0) is 6.54 Å². The minimum atomic E-state index is -3.55. The molecule has 2 aromatic carbocycles. The number of benzene rings is 2. The molecule has 9 nitrogen and oxygen atoms in total. The van der Waals surface area contributed by atoms with Crippen molar-refractivity contribution in [1.29, 1.82) is 0 Å². The summed E-state index contributed by atoms with van der Waals surface area (Å²) in [5.74, 6) is 0.584. The quantitative estimate of drug-likeness (QED) is 0.136. The van der Waals surface area contributed by atoms with Crippen LogP contribution >= 0.6 is 21.7 Å². The SMILES string of the molecule is COc1ccc2[se]c(/C=C3\C=CN(CCCS(O)(O)O)c4ccccc43)[n+](CCCS(O)(O)O)c2c1. The van der Waals surface area contributed by atoms with Gasteiger partial charge in [0.1, 0.15) is 0 Å². The van der Waals surface area contributed by atoms with E-state index in [2.05, 4.69) is 16.7 Å². The van der Waals surface area contributed by atoms with Crippen LogP contribution in [0, 0.1) is 0 Å². The molecule has 0 aliphatic carbocycles. The van der Waals surface area contributed by atoms with Crippen molar-refractivity contribution in [2.24, 2.45) is 0 Å². The molecule has 0 amide bonds. The topological polar surface area (TPSA) is 138 Å². The van der Waals surface area contributed by atoms with Crippen molar-refractivity contribution in [2.45, 2.75) is 19.4 Å². The molecule has 0 bridgehead atoms. The minimum absolute atomic E-state index is 0.0194. The van der Waals surface area contributed by atoms with Crippen molar-refractivity contribution < 1.29 is 36.6 Å². The second kappa shape index (κ2) is 11.3. The summed E-state index contributed by atoms with van der Waals surface area (Å²) >= 11 is 0.0194. The molecule has 36 heavy (non-hydrogen) atoms. The summed E-state index contributed by atoms with van der Waals surface area (Å²) in [6.45, 7) is 1.05. The molecule has 2 heterocycles. The van der Waals surface area contributed by atoms with Crippen LogP contribution < -0.4 is 14.2 Å². The zero-order valence-corrected chi connectivity index (χ0v) is 23.1. The number of methoxy groups -OCH3 is 1. The van der Waals surface area contributed by atoms with Gasteiger partial charge >= 0.3 is 220 Å². The Kier molecular flexibility index (Phi) is 8.52. The van der Waals surface area contributed by atoms with Gasteiger partial charge in [-0.1, -0.05) is 0 Å². The Morgan fingerprint density at radius 2 is 1.69 bits per heavy atom. The number of aryl methyl sites for hydroxylation is 1. The number of anilines is 1. The van der Waals surface area contributed by atoms with Crippen LogP contribution in [-0.4, -0.2) is 67.0 Å². The van der Waals surface area contributed by atoms with E-state index in [-0.39, 0.29) is 26.0 Å². The first-order valence-corrected chi connectivity index (χ1v) is 16.3. The van der Waals surface area contributed by atoms with Crippen molar-refractivity contribution in [3.05, 3.63) is 64.9 Å². The fraction of sp³-hybridized carbons (Fsp3) is 0.292. The van der Waals surface area contributed by atoms with Gasteiger partial charge in [0.05, 0.1) is 0 Å². The molecule has 1 aliphatic rings. The summed E-state index contributed by atoms with van der Waals surface area (Å²) in [4.78, 5) is 2.03. The first-order valence-electron chi connectivity index (χ1n) is 11.3. The van der Waals surface area contributed by atoms with Gasteiger partial charge in [0, 0.05) is 0 Å². The van der Waals surface area contributed by atoms with Crippen molar-refractivity contribution in [3.8, 4) is 5.75 Å². The first-order chi connectivity index (χ1) is 17.0. The van der Waals surface area contributed by atoms with Crippen molar-refractivity contribution in [1.82, 2.24) is 0 Å². The summed E-state index contributed by atoms with van der Waals surface area (Å²) in [7, 11) is -5.43. The van der Waals surface area contributed by atoms with E-state index in [1.165, 1.54) is 4.26 Å². The molecule has 0 saturated heterocycles. The average molecular weight is 603 g/mol. The van der Waals surface area contributed by atoms with Crippen LogP contribution in [0.1, 0.15) is 23.0 Å². The summed E-state index contributed by atoms with van der Waals surface area (Å²) in [6, 6.07) is 14.0. The Morgan fingerprint density at radius 3 is 2.42 bits per heavy atom. The summed E-state index contributed by atoms with van der Waals surface area (Å²) < 4.78 is 66.0. The number of rotatable bonds is 10. The summed E-state index contributed by atoms with van der Waals surface area (Å²) in [5.41, 5.74) is 4.08. The summed E-state index contributed by atoms with van der Waals surface area (Å²) in [6.07, 6.45) is 6.96. The number of aromatic nitrogens is 1. The van der Waals surface area contributed by atoms with E-state index in [1.54, 1.807) is 7.11 Å². The Bertz CT molecular complexity index is 1280. The number of allylic oxidation sites excluding steroid dienone is 2. The number of fused-ring (bicyclic) bond motifs is 2. The molecule has 0 radical (unpaired) electrons. The third-order valence-corrected chi connectivity index (χ3v) is 9.80. The molecule has 196 valence electrons. The van der Waals surface area contributed by atoms with Crippen LogP contribution in [0.5, 0.6) is 5.75 Å². The predicted molar refractivity (Wildman–Crippen MR) is 148 cm³/mol.